The van der Waals surface area contributed by atoms with E-state index in [4.69, 9.17) is 31.4 Å². The van der Waals surface area contributed by atoms with Gasteiger partial charge in [-0.2, -0.15) is 0 Å². The van der Waals surface area contributed by atoms with Crippen LogP contribution in [0, 0.1) is 0 Å². The number of aliphatic imine (C=N–C) groups is 1. The molecule has 8 heteroatoms. The molecular formula is C27H23ClN4O3. The van der Waals surface area contributed by atoms with Crippen molar-refractivity contribution < 1.29 is 14.6 Å². The number of carboxylic acid groups (broad SMARTS) is 1. The zero-order chi connectivity index (χ0) is 23.7. The maximum absolute atomic E-state index is 11.1. The van der Waals surface area contributed by atoms with E-state index in [0.29, 0.717) is 23.2 Å². The van der Waals surface area contributed by atoms with Crippen LogP contribution in [0.2, 0.25) is 5.02 Å². The van der Waals surface area contributed by atoms with Crippen LogP contribution in [0.25, 0.3) is 11.3 Å². The van der Waals surface area contributed by atoms with Gasteiger partial charge < -0.3 is 15.2 Å². The molecule has 0 aliphatic carbocycles. The highest BCUT2D eigenvalue weighted by atomic mass is 35.5. The second kappa shape index (κ2) is 9.95. The fourth-order valence-corrected chi connectivity index (χ4v) is 4.00. The Kier molecular flexibility index (Phi) is 6.80. The van der Waals surface area contributed by atoms with Crippen molar-refractivity contribution in [2.75, 3.05) is 12.4 Å². The summed E-state index contributed by atoms with van der Waals surface area (Å²) >= 11 is 6.38. The standard InChI is InChI=1S/C26H19ClN4O3.CH4/c1-34-20-4-2-3-16(11-20)23-22-12-18(27)7-10-21(22)24-17(13-28-23)14-29-26(31-24)30-19-8-5-15(6-9-19)25(32)33;/h2-12,14H,13H2,1H3,(H,32,33)(H,29,30,31);1H4. The Balaban J connectivity index is 0.00000289. The predicted molar refractivity (Wildman–Crippen MR) is 138 cm³/mol. The smallest absolute Gasteiger partial charge is 0.335 e. The molecule has 35 heavy (non-hydrogen) atoms. The van der Waals surface area contributed by atoms with Crippen molar-refractivity contribution in [1.29, 1.82) is 0 Å². The lowest BCUT2D eigenvalue weighted by atomic mass is 9.95. The first-order chi connectivity index (χ1) is 16.5. The first kappa shape index (κ1) is 23.9. The van der Waals surface area contributed by atoms with Crippen LogP contribution >= 0.6 is 11.6 Å². The van der Waals surface area contributed by atoms with Crippen molar-refractivity contribution in [1.82, 2.24) is 9.97 Å². The molecule has 0 amide bonds. The number of carboxylic acids is 1. The number of aromatic carboxylic acids is 1. The van der Waals surface area contributed by atoms with Gasteiger partial charge in [0.05, 0.1) is 30.6 Å². The van der Waals surface area contributed by atoms with Gasteiger partial charge in [-0.05, 0) is 48.5 Å². The second-order valence-electron chi connectivity index (χ2n) is 7.66. The van der Waals surface area contributed by atoms with Crippen LogP contribution in [-0.4, -0.2) is 33.9 Å². The lowest BCUT2D eigenvalue weighted by Crippen LogP contribution is -2.05. The van der Waals surface area contributed by atoms with Crippen LogP contribution in [0.3, 0.4) is 0 Å². The maximum Gasteiger partial charge on any atom is 0.335 e. The molecule has 2 N–H and O–H groups in total. The average molecular weight is 487 g/mol. The zero-order valence-electron chi connectivity index (χ0n) is 18.1. The minimum Gasteiger partial charge on any atom is -0.497 e. The van der Waals surface area contributed by atoms with Gasteiger partial charge in [-0.1, -0.05) is 37.2 Å². The number of nitrogens with one attached hydrogen (secondary N) is 1. The van der Waals surface area contributed by atoms with Crippen LogP contribution in [0.4, 0.5) is 11.6 Å². The van der Waals surface area contributed by atoms with Gasteiger partial charge in [-0.3, -0.25) is 4.99 Å². The summed E-state index contributed by atoms with van der Waals surface area (Å²) in [6, 6.07) is 19.8. The minimum atomic E-state index is -0.977. The summed E-state index contributed by atoms with van der Waals surface area (Å²) in [7, 11) is 1.63. The van der Waals surface area contributed by atoms with E-state index in [1.165, 1.54) is 12.1 Å². The van der Waals surface area contributed by atoms with Gasteiger partial charge in [-0.15, -0.1) is 0 Å². The van der Waals surface area contributed by atoms with Gasteiger partial charge in [0, 0.05) is 39.2 Å². The minimum absolute atomic E-state index is 0. The van der Waals surface area contributed by atoms with E-state index in [2.05, 4.69) is 10.3 Å². The quantitative estimate of drug-likeness (QED) is 0.347. The van der Waals surface area contributed by atoms with Crippen LogP contribution in [0.5, 0.6) is 5.75 Å². The maximum atomic E-state index is 11.1. The summed E-state index contributed by atoms with van der Waals surface area (Å²) in [5, 5.41) is 12.8. The van der Waals surface area contributed by atoms with Gasteiger partial charge in [0.2, 0.25) is 5.95 Å². The molecule has 5 rings (SSSR count). The third-order valence-corrected chi connectivity index (χ3v) is 5.73. The second-order valence-corrected chi connectivity index (χ2v) is 8.10. The fraction of sp³-hybridized carbons (Fsp3) is 0.111. The highest BCUT2D eigenvalue weighted by Crippen LogP contribution is 2.34. The fourth-order valence-electron chi connectivity index (χ4n) is 3.83. The largest absolute Gasteiger partial charge is 0.497 e. The number of rotatable bonds is 5. The summed E-state index contributed by atoms with van der Waals surface area (Å²) in [5.74, 6) is 0.160. The van der Waals surface area contributed by atoms with Crippen molar-refractivity contribution in [2.45, 2.75) is 14.0 Å². The number of benzene rings is 3. The Labute approximate surface area is 208 Å². The Hall–Kier alpha value is -4.23. The highest BCUT2D eigenvalue weighted by Gasteiger charge is 2.22. The van der Waals surface area contributed by atoms with Crippen molar-refractivity contribution >= 4 is 34.9 Å². The molecule has 1 aromatic heterocycles. The molecule has 0 unspecified atom stereocenters. The summed E-state index contributed by atoms with van der Waals surface area (Å²) in [6.07, 6.45) is 1.76. The molecule has 1 aliphatic rings. The summed E-state index contributed by atoms with van der Waals surface area (Å²) < 4.78 is 5.40. The molecule has 0 bridgehead atoms. The Morgan fingerprint density at radius 1 is 1.06 bits per heavy atom. The molecule has 2 heterocycles. The SMILES string of the molecule is C.COc1cccc(C2=NCc3cnc(Nc4ccc(C(=O)O)cc4)nc3-c3ccc(Cl)cc32)c1. The normalized spacial score (nSPS) is 11.8. The van der Waals surface area contributed by atoms with Gasteiger partial charge in [0.15, 0.2) is 0 Å². The number of methoxy groups -OCH3 is 1. The van der Waals surface area contributed by atoms with Crippen LogP contribution in [0.15, 0.2) is 77.9 Å². The number of aromatic nitrogens is 2. The number of hydrogen-bond acceptors (Lipinski definition) is 6. The Morgan fingerprint density at radius 2 is 1.86 bits per heavy atom. The number of hydrogen-bond donors (Lipinski definition) is 2. The van der Waals surface area contributed by atoms with Crippen LogP contribution in [-0.2, 0) is 6.54 Å². The molecule has 0 spiro atoms. The molecule has 0 saturated heterocycles. The first-order valence-corrected chi connectivity index (χ1v) is 10.8. The predicted octanol–water partition coefficient (Wildman–Crippen LogP) is 6.23. The van der Waals surface area contributed by atoms with Gasteiger partial charge in [-0.25, -0.2) is 14.8 Å². The van der Waals surface area contributed by atoms with Crippen molar-refractivity contribution in [2.24, 2.45) is 4.99 Å². The number of anilines is 2. The van der Waals surface area contributed by atoms with E-state index in [1.807, 2.05) is 42.5 Å². The van der Waals surface area contributed by atoms with Crippen LogP contribution in [0.1, 0.15) is 34.5 Å². The molecule has 3 aromatic carbocycles. The Morgan fingerprint density at radius 3 is 2.60 bits per heavy atom. The molecule has 4 aromatic rings. The lowest BCUT2D eigenvalue weighted by Gasteiger charge is -2.13. The van der Waals surface area contributed by atoms with E-state index in [-0.39, 0.29) is 13.0 Å². The summed E-state index contributed by atoms with van der Waals surface area (Å²) in [6.45, 7) is 0.405. The first-order valence-electron chi connectivity index (χ1n) is 10.5. The summed E-state index contributed by atoms with van der Waals surface area (Å²) in [5.41, 5.74) is 6.01. The number of fused-ring (bicyclic) bond motifs is 3. The monoisotopic (exact) mass is 486 g/mol. The lowest BCUT2D eigenvalue weighted by molar-refractivity contribution is 0.0697. The third kappa shape index (κ3) is 4.85. The Bertz CT molecular complexity index is 1440. The van der Waals surface area contributed by atoms with E-state index < -0.39 is 5.97 Å². The van der Waals surface area contributed by atoms with E-state index in [1.54, 1.807) is 25.4 Å². The number of halogens is 1. The molecule has 0 atom stereocenters. The van der Waals surface area contributed by atoms with Gasteiger partial charge in [0.1, 0.15) is 5.75 Å². The van der Waals surface area contributed by atoms with E-state index in [9.17, 15) is 4.79 Å². The molecule has 0 fully saturated rings. The number of carbonyl (C=O) groups is 1. The molecule has 0 radical (unpaired) electrons. The molecule has 0 saturated carbocycles. The molecule has 7 nitrogen and oxygen atoms in total. The van der Waals surface area contributed by atoms with Gasteiger partial charge in [0.25, 0.3) is 0 Å². The summed E-state index contributed by atoms with van der Waals surface area (Å²) in [4.78, 5) is 25.2. The molecule has 176 valence electrons. The number of nitrogens with zero attached hydrogens (tertiary/aromatic N) is 3. The van der Waals surface area contributed by atoms with Gasteiger partial charge >= 0.3 is 5.97 Å². The molecule has 1 aliphatic heterocycles. The number of ether oxygens (including phenoxy) is 1. The van der Waals surface area contributed by atoms with E-state index in [0.717, 1.165) is 39.4 Å². The topological polar surface area (TPSA) is 96.7 Å². The van der Waals surface area contributed by atoms with E-state index >= 15 is 0 Å². The van der Waals surface area contributed by atoms with Crippen molar-refractivity contribution in [3.63, 3.8) is 0 Å². The average Bonchev–Trinajstić information content (AvgIpc) is 3.00. The van der Waals surface area contributed by atoms with Crippen molar-refractivity contribution in [3.05, 3.63) is 100 Å². The highest BCUT2D eigenvalue weighted by molar-refractivity contribution is 6.31. The zero-order valence-corrected chi connectivity index (χ0v) is 18.9. The van der Waals surface area contributed by atoms with Crippen molar-refractivity contribution in [3.8, 4) is 17.0 Å². The third-order valence-electron chi connectivity index (χ3n) is 5.50. The molecular weight excluding hydrogens is 464 g/mol. The van der Waals surface area contributed by atoms with Crippen LogP contribution < -0.4 is 10.1 Å².